The Morgan fingerprint density at radius 1 is 1.10 bits per heavy atom. The third-order valence-corrected chi connectivity index (χ3v) is 3.88. The Labute approximate surface area is 123 Å². The lowest BCUT2D eigenvalue weighted by atomic mass is 10.2. The molecule has 4 heteroatoms. The van der Waals surface area contributed by atoms with Gasteiger partial charge in [-0.1, -0.05) is 30.3 Å². The molecule has 0 aliphatic heterocycles. The van der Waals surface area contributed by atoms with E-state index >= 15 is 0 Å². The van der Waals surface area contributed by atoms with Crippen molar-refractivity contribution in [2.45, 2.75) is 11.4 Å². The molecule has 1 amide bonds. The maximum absolute atomic E-state index is 12.0. The Morgan fingerprint density at radius 2 is 1.75 bits per heavy atom. The van der Waals surface area contributed by atoms with E-state index in [1.165, 1.54) is 11.8 Å². The molecule has 20 heavy (non-hydrogen) atoms. The molecule has 0 atom stereocenters. The highest BCUT2D eigenvalue weighted by atomic mass is 32.2. The van der Waals surface area contributed by atoms with Crippen LogP contribution in [0.4, 0.5) is 0 Å². The maximum atomic E-state index is 12.0. The normalized spacial score (nSPS) is 10.2. The number of rotatable bonds is 5. The van der Waals surface area contributed by atoms with E-state index in [1.807, 2.05) is 49.5 Å². The summed E-state index contributed by atoms with van der Waals surface area (Å²) in [5.74, 6) is 0.725. The molecule has 0 saturated carbocycles. The topological polar surface area (TPSA) is 40.5 Å². The smallest absolute Gasteiger partial charge is 0.232 e. The number of phenolic OH excluding ortho intramolecular Hbond substituents is 1. The van der Waals surface area contributed by atoms with Gasteiger partial charge in [0.1, 0.15) is 5.75 Å². The minimum Gasteiger partial charge on any atom is -0.508 e. The first-order valence-corrected chi connectivity index (χ1v) is 7.33. The number of hydrogen-bond acceptors (Lipinski definition) is 3. The summed E-state index contributed by atoms with van der Waals surface area (Å²) in [4.78, 5) is 14.7. The van der Waals surface area contributed by atoms with Crippen molar-refractivity contribution in [3.8, 4) is 5.75 Å². The number of thioether (sulfide) groups is 1. The van der Waals surface area contributed by atoms with Gasteiger partial charge >= 0.3 is 0 Å². The van der Waals surface area contributed by atoms with Crippen molar-refractivity contribution in [1.82, 2.24) is 4.90 Å². The van der Waals surface area contributed by atoms with Crippen molar-refractivity contribution in [2.75, 3.05) is 12.8 Å². The van der Waals surface area contributed by atoms with E-state index in [9.17, 15) is 9.90 Å². The van der Waals surface area contributed by atoms with Gasteiger partial charge in [-0.15, -0.1) is 11.8 Å². The molecule has 2 aromatic carbocycles. The first-order valence-electron chi connectivity index (χ1n) is 6.35. The van der Waals surface area contributed by atoms with Crippen LogP contribution in [-0.4, -0.2) is 28.7 Å². The van der Waals surface area contributed by atoms with Gasteiger partial charge in [-0.2, -0.15) is 0 Å². The largest absolute Gasteiger partial charge is 0.508 e. The predicted octanol–water partition coefficient (Wildman–Crippen LogP) is 3.14. The van der Waals surface area contributed by atoms with Crippen LogP contribution in [0.3, 0.4) is 0 Å². The standard InChI is InChI=1S/C16H17NO2S/c1-17(11-13-5-3-2-4-6-13)16(19)12-20-15-9-7-14(18)8-10-15/h2-10,18H,11-12H2,1H3. The number of carbonyl (C=O) groups excluding carboxylic acids is 1. The predicted molar refractivity (Wildman–Crippen MR) is 81.7 cm³/mol. The van der Waals surface area contributed by atoms with Crippen molar-refractivity contribution in [3.05, 3.63) is 60.2 Å². The highest BCUT2D eigenvalue weighted by molar-refractivity contribution is 8.00. The maximum Gasteiger partial charge on any atom is 0.232 e. The Balaban J connectivity index is 1.83. The van der Waals surface area contributed by atoms with E-state index in [-0.39, 0.29) is 11.7 Å². The second-order valence-corrected chi connectivity index (χ2v) is 5.57. The summed E-state index contributed by atoms with van der Waals surface area (Å²) in [6.07, 6.45) is 0. The third-order valence-electron chi connectivity index (χ3n) is 2.89. The van der Waals surface area contributed by atoms with Gasteiger partial charge in [0, 0.05) is 18.5 Å². The first kappa shape index (κ1) is 14.5. The fourth-order valence-electron chi connectivity index (χ4n) is 1.74. The van der Waals surface area contributed by atoms with Gasteiger partial charge in [0.05, 0.1) is 5.75 Å². The zero-order valence-electron chi connectivity index (χ0n) is 11.3. The summed E-state index contributed by atoms with van der Waals surface area (Å²) in [5.41, 5.74) is 1.12. The summed E-state index contributed by atoms with van der Waals surface area (Å²) >= 11 is 1.47. The average Bonchev–Trinajstić information content (AvgIpc) is 2.47. The van der Waals surface area contributed by atoms with Crippen molar-refractivity contribution in [3.63, 3.8) is 0 Å². The van der Waals surface area contributed by atoms with Crippen LogP contribution in [0.5, 0.6) is 5.75 Å². The molecular weight excluding hydrogens is 270 g/mol. The lowest BCUT2D eigenvalue weighted by Crippen LogP contribution is -2.27. The molecule has 2 rings (SSSR count). The van der Waals surface area contributed by atoms with Crippen molar-refractivity contribution < 1.29 is 9.90 Å². The summed E-state index contributed by atoms with van der Waals surface area (Å²) in [7, 11) is 1.81. The van der Waals surface area contributed by atoms with Crippen LogP contribution in [0.1, 0.15) is 5.56 Å². The minimum atomic E-state index is 0.0897. The van der Waals surface area contributed by atoms with Crippen LogP contribution < -0.4 is 0 Å². The number of nitrogens with zero attached hydrogens (tertiary/aromatic N) is 1. The van der Waals surface area contributed by atoms with E-state index in [1.54, 1.807) is 17.0 Å². The van der Waals surface area contributed by atoms with Gasteiger partial charge in [0.15, 0.2) is 0 Å². The van der Waals surface area contributed by atoms with Gasteiger partial charge < -0.3 is 10.0 Å². The van der Waals surface area contributed by atoms with Gasteiger partial charge in [0.2, 0.25) is 5.91 Å². The van der Waals surface area contributed by atoms with Crippen molar-refractivity contribution >= 4 is 17.7 Å². The number of aromatic hydroxyl groups is 1. The molecule has 0 aromatic heterocycles. The van der Waals surface area contributed by atoms with Crippen LogP contribution in [0, 0.1) is 0 Å². The Morgan fingerprint density at radius 3 is 2.40 bits per heavy atom. The van der Waals surface area contributed by atoms with E-state index in [2.05, 4.69) is 0 Å². The lowest BCUT2D eigenvalue weighted by Gasteiger charge is -2.17. The molecule has 3 nitrogen and oxygen atoms in total. The third kappa shape index (κ3) is 4.31. The molecule has 0 saturated heterocycles. The lowest BCUT2D eigenvalue weighted by molar-refractivity contribution is -0.127. The number of amides is 1. The zero-order chi connectivity index (χ0) is 14.4. The molecule has 0 aliphatic rings. The van der Waals surface area contributed by atoms with Gasteiger partial charge in [-0.3, -0.25) is 4.79 Å². The highest BCUT2D eigenvalue weighted by Gasteiger charge is 2.09. The fraction of sp³-hybridized carbons (Fsp3) is 0.188. The van der Waals surface area contributed by atoms with E-state index < -0.39 is 0 Å². The van der Waals surface area contributed by atoms with Crippen LogP contribution in [0.25, 0.3) is 0 Å². The van der Waals surface area contributed by atoms with Crippen LogP contribution >= 0.6 is 11.8 Å². The van der Waals surface area contributed by atoms with Gasteiger partial charge in [-0.05, 0) is 29.8 Å². The Bertz CT molecular complexity index is 554. The summed E-state index contributed by atoms with van der Waals surface area (Å²) < 4.78 is 0. The van der Waals surface area contributed by atoms with Crippen molar-refractivity contribution in [1.29, 1.82) is 0 Å². The Kier molecular flexibility index (Phi) is 5.07. The number of phenols is 1. The molecule has 0 spiro atoms. The Hall–Kier alpha value is -1.94. The molecule has 0 unspecified atom stereocenters. The van der Waals surface area contributed by atoms with Crippen LogP contribution in [0.2, 0.25) is 0 Å². The minimum absolute atomic E-state index is 0.0897. The van der Waals surface area contributed by atoms with Crippen LogP contribution in [-0.2, 0) is 11.3 Å². The van der Waals surface area contributed by atoms with E-state index in [0.29, 0.717) is 12.3 Å². The molecular formula is C16H17NO2S. The monoisotopic (exact) mass is 287 g/mol. The second kappa shape index (κ2) is 7.01. The van der Waals surface area contributed by atoms with Crippen molar-refractivity contribution in [2.24, 2.45) is 0 Å². The molecule has 0 bridgehead atoms. The average molecular weight is 287 g/mol. The van der Waals surface area contributed by atoms with Gasteiger partial charge in [0.25, 0.3) is 0 Å². The van der Waals surface area contributed by atoms with Crippen LogP contribution in [0.15, 0.2) is 59.5 Å². The number of hydrogen-bond donors (Lipinski definition) is 1. The number of benzene rings is 2. The second-order valence-electron chi connectivity index (χ2n) is 4.52. The molecule has 104 valence electrons. The molecule has 1 N–H and O–H groups in total. The molecule has 2 aromatic rings. The summed E-state index contributed by atoms with van der Waals surface area (Å²) in [6.45, 7) is 0.621. The molecule has 0 heterocycles. The fourth-order valence-corrected chi connectivity index (χ4v) is 2.58. The summed E-state index contributed by atoms with van der Waals surface area (Å²) in [5, 5.41) is 9.20. The molecule has 0 aliphatic carbocycles. The highest BCUT2D eigenvalue weighted by Crippen LogP contribution is 2.21. The van der Waals surface area contributed by atoms with E-state index in [4.69, 9.17) is 0 Å². The molecule has 0 radical (unpaired) electrons. The van der Waals surface area contributed by atoms with Gasteiger partial charge in [-0.25, -0.2) is 0 Å². The quantitative estimate of drug-likeness (QED) is 0.859. The van der Waals surface area contributed by atoms with E-state index in [0.717, 1.165) is 10.5 Å². The zero-order valence-corrected chi connectivity index (χ0v) is 12.1. The number of carbonyl (C=O) groups is 1. The SMILES string of the molecule is CN(Cc1ccccc1)C(=O)CSc1ccc(O)cc1. The summed E-state index contributed by atoms with van der Waals surface area (Å²) in [6, 6.07) is 16.8. The first-order chi connectivity index (χ1) is 9.65. The molecule has 0 fully saturated rings.